The van der Waals surface area contributed by atoms with E-state index in [9.17, 15) is 9.90 Å². The molecule has 0 spiro atoms. The quantitative estimate of drug-likeness (QED) is 0.900. The Kier molecular flexibility index (Phi) is 3.41. The average molecular weight is 279 g/mol. The van der Waals surface area contributed by atoms with E-state index in [1.54, 1.807) is 0 Å². The molecule has 6 heteroatoms. The van der Waals surface area contributed by atoms with E-state index < -0.39 is 6.09 Å². The fourth-order valence-corrected chi connectivity index (χ4v) is 3.36. The van der Waals surface area contributed by atoms with Crippen LogP contribution in [-0.4, -0.2) is 45.4 Å². The average Bonchev–Trinajstić information content (AvgIpc) is 3.05. The summed E-state index contributed by atoms with van der Waals surface area (Å²) in [5.41, 5.74) is 2.12. The van der Waals surface area contributed by atoms with E-state index in [1.165, 1.54) is 10.6 Å². The van der Waals surface area contributed by atoms with Crippen LogP contribution in [-0.2, 0) is 11.2 Å². The lowest BCUT2D eigenvalue weighted by Crippen LogP contribution is -2.42. The van der Waals surface area contributed by atoms with E-state index in [0.29, 0.717) is 12.6 Å². The van der Waals surface area contributed by atoms with Crippen molar-refractivity contribution in [2.45, 2.75) is 38.8 Å². The molecule has 1 fully saturated rings. The molecule has 0 saturated carbocycles. The van der Waals surface area contributed by atoms with Crippen LogP contribution < -0.4 is 0 Å². The third-order valence-electron chi connectivity index (χ3n) is 4.31. The topological polar surface area (TPSA) is 67.6 Å². The van der Waals surface area contributed by atoms with Gasteiger partial charge in [-0.15, -0.1) is 0 Å². The number of hydrogen-bond donors (Lipinski definition) is 1. The van der Waals surface area contributed by atoms with Gasteiger partial charge in [0.25, 0.3) is 0 Å². The van der Waals surface area contributed by atoms with Crippen molar-refractivity contribution in [3.8, 4) is 0 Å². The summed E-state index contributed by atoms with van der Waals surface area (Å²) in [6.07, 6.45) is 2.76. The monoisotopic (exact) mass is 279 g/mol. The van der Waals surface area contributed by atoms with Gasteiger partial charge in [0.2, 0.25) is 0 Å². The molecule has 1 aromatic rings. The highest BCUT2D eigenvalue weighted by Gasteiger charge is 2.37. The molecule has 3 rings (SSSR count). The summed E-state index contributed by atoms with van der Waals surface area (Å²) in [4.78, 5) is 17.5. The Morgan fingerprint density at radius 2 is 2.35 bits per heavy atom. The predicted octanol–water partition coefficient (Wildman–Crippen LogP) is 2.08. The Morgan fingerprint density at radius 1 is 1.55 bits per heavy atom. The second-order valence-electron chi connectivity index (χ2n) is 5.92. The van der Waals surface area contributed by atoms with Crippen molar-refractivity contribution in [1.82, 2.24) is 14.5 Å². The molecule has 1 aromatic heterocycles. The maximum atomic E-state index is 11.4. The normalized spacial score (nSPS) is 26.1. The Hall–Kier alpha value is -1.56. The summed E-state index contributed by atoms with van der Waals surface area (Å²) in [7, 11) is 0. The van der Waals surface area contributed by atoms with Crippen molar-refractivity contribution >= 4 is 6.09 Å². The first-order chi connectivity index (χ1) is 9.59. The van der Waals surface area contributed by atoms with Crippen molar-refractivity contribution in [2.24, 2.45) is 5.92 Å². The number of amides is 1. The Bertz CT molecular complexity index is 506. The molecule has 6 nitrogen and oxygen atoms in total. The molecule has 0 bridgehead atoms. The molecule has 0 aromatic carbocycles. The smallest absolute Gasteiger partial charge is 0.407 e. The van der Waals surface area contributed by atoms with Crippen molar-refractivity contribution < 1.29 is 14.6 Å². The van der Waals surface area contributed by atoms with Gasteiger partial charge in [-0.05, 0) is 12.3 Å². The summed E-state index contributed by atoms with van der Waals surface area (Å²) in [6, 6.07) is 0.218. The van der Waals surface area contributed by atoms with E-state index >= 15 is 0 Å². The molecular formula is C14H21N3O3. The van der Waals surface area contributed by atoms with Crippen LogP contribution in [0.25, 0.3) is 0 Å². The first-order valence-electron chi connectivity index (χ1n) is 7.22. The first-order valence-corrected chi connectivity index (χ1v) is 7.22. The molecule has 0 radical (unpaired) electrons. The molecule has 1 N–H and O–H groups in total. The minimum atomic E-state index is -0.854. The van der Waals surface area contributed by atoms with Crippen molar-refractivity contribution in [1.29, 1.82) is 0 Å². The first kappa shape index (κ1) is 13.4. The van der Waals surface area contributed by atoms with Gasteiger partial charge in [0.05, 0.1) is 30.7 Å². The molecule has 3 heterocycles. The number of aromatic nitrogens is 2. The van der Waals surface area contributed by atoms with Gasteiger partial charge in [-0.3, -0.25) is 4.90 Å². The Labute approximate surface area is 118 Å². The number of carboxylic acid groups (broad SMARTS) is 1. The van der Waals surface area contributed by atoms with Crippen LogP contribution in [0.15, 0.2) is 6.33 Å². The Balaban J connectivity index is 1.97. The lowest BCUT2D eigenvalue weighted by atomic mass is 9.93. The highest BCUT2D eigenvalue weighted by atomic mass is 16.5. The molecule has 1 saturated heterocycles. The minimum Gasteiger partial charge on any atom is -0.465 e. The number of imidazole rings is 1. The van der Waals surface area contributed by atoms with Gasteiger partial charge in [-0.1, -0.05) is 13.8 Å². The molecule has 20 heavy (non-hydrogen) atoms. The van der Waals surface area contributed by atoms with Gasteiger partial charge in [-0.25, -0.2) is 9.78 Å². The fraction of sp³-hybridized carbons (Fsp3) is 0.714. The third-order valence-corrected chi connectivity index (χ3v) is 4.31. The van der Waals surface area contributed by atoms with E-state index in [0.717, 1.165) is 31.7 Å². The van der Waals surface area contributed by atoms with Gasteiger partial charge < -0.3 is 14.4 Å². The van der Waals surface area contributed by atoms with E-state index in [1.807, 2.05) is 20.2 Å². The highest BCUT2D eigenvalue weighted by molar-refractivity contribution is 5.66. The van der Waals surface area contributed by atoms with Crippen molar-refractivity contribution in [3.63, 3.8) is 0 Å². The summed E-state index contributed by atoms with van der Waals surface area (Å²) >= 11 is 0. The van der Waals surface area contributed by atoms with Crippen LogP contribution in [0.5, 0.6) is 0 Å². The van der Waals surface area contributed by atoms with E-state index in [2.05, 4.69) is 9.55 Å². The molecule has 2 unspecified atom stereocenters. The third kappa shape index (κ3) is 2.08. The van der Waals surface area contributed by atoms with Crippen LogP contribution in [0, 0.1) is 5.92 Å². The van der Waals surface area contributed by atoms with E-state index in [-0.39, 0.29) is 12.0 Å². The van der Waals surface area contributed by atoms with Gasteiger partial charge in [-0.2, -0.15) is 0 Å². The predicted molar refractivity (Wildman–Crippen MR) is 72.7 cm³/mol. The summed E-state index contributed by atoms with van der Waals surface area (Å²) < 4.78 is 7.66. The van der Waals surface area contributed by atoms with Crippen LogP contribution in [0.4, 0.5) is 4.79 Å². The fourth-order valence-electron chi connectivity index (χ4n) is 3.36. The second kappa shape index (κ2) is 5.09. The molecule has 1 amide bonds. The summed E-state index contributed by atoms with van der Waals surface area (Å²) in [5.74, 6) is 0.216. The zero-order valence-corrected chi connectivity index (χ0v) is 12.0. The SMILES string of the molecule is CC(C)C1c2ncn(C3CCOC3)c2CCN1C(=O)O. The van der Waals surface area contributed by atoms with Crippen LogP contribution in [0.3, 0.4) is 0 Å². The van der Waals surface area contributed by atoms with Gasteiger partial charge in [0, 0.05) is 25.3 Å². The maximum absolute atomic E-state index is 11.4. The molecule has 110 valence electrons. The maximum Gasteiger partial charge on any atom is 0.407 e. The number of rotatable bonds is 2. The second-order valence-corrected chi connectivity index (χ2v) is 5.92. The number of hydrogen-bond acceptors (Lipinski definition) is 3. The zero-order valence-electron chi connectivity index (χ0n) is 12.0. The van der Waals surface area contributed by atoms with Gasteiger partial charge >= 0.3 is 6.09 Å². The number of carbonyl (C=O) groups is 1. The standard InChI is InChI=1S/C14H21N3O3/c1-9(2)13-12-11(3-5-16(13)14(18)19)17(8-15-12)10-4-6-20-7-10/h8-10,13H,3-7H2,1-2H3,(H,18,19). The van der Waals surface area contributed by atoms with Crippen molar-refractivity contribution in [2.75, 3.05) is 19.8 Å². The number of ether oxygens (including phenoxy) is 1. The van der Waals surface area contributed by atoms with Gasteiger partial charge in [0.1, 0.15) is 0 Å². The highest BCUT2D eigenvalue weighted by Crippen LogP contribution is 2.36. The number of fused-ring (bicyclic) bond motifs is 1. The Morgan fingerprint density at radius 3 is 2.95 bits per heavy atom. The lowest BCUT2D eigenvalue weighted by molar-refractivity contribution is 0.102. The van der Waals surface area contributed by atoms with Crippen LogP contribution in [0.1, 0.15) is 43.7 Å². The lowest BCUT2D eigenvalue weighted by Gasteiger charge is -2.36. The minimum absolute atomic E-state index is 0.139. The zero-order chi connectivity index (χ0) is 14.3. The molecule has 2 atom stereocenters. The summed E-state index contributed by atoms with van der Waals surface area (Å²) in [6.45, 7) is 6.18. The molecule has 0 aliphatic carbocycles. The van der Waals surface area contributed by atoms with Gasteiger partial charge in [0.15, 0.2) is 0 Å². The number of nitrogens with zero attached hydrogens (tertiary/aromatic N) is 3. The molecule has 2 aliphatic heterocycles. The van der Waals surface area contributed by atoms with Crippen LogP contribution >= 0.6 is 0 Å². The van der Waals surface area contributed by atoms with Crippen LogP contribution in [0.2, 0.25) is 0 Å². The molecular weight excluding hydrogens is 258 g/mol. The molecule has 2 aliphatic rings. The largest absolute Gasteiger partial charge is 0.465 e. The summed E-state index contributed by atoms with van der Waals surface area (Å²) in [5, 5.41) is 9.37. The van der Waals surface area contributed by atoms with Crippen molar-refractivity contribution in [3.05, 3.63) is 17.7 Å². The van der Waals surface area contributed by atoms with E-state index in [4.69, 9.17) is 4.74 Å².